The summed E-state index contributed by atoms with van der Waals surface area (Å²) in [5, 5.41) is 12.4. The number of aryl methyl sites for hydroxylation is 1. The van der Waals surface area contributed by atoms with Crippen molar-refractivity contribution in [3.8, 4) is 0 Å². The van der Waals surface area contributed by atoms with E-state index in [9.17, 15) is 5.11 Å². The molecule has 3 heteroatoms. The molecule has 1 fully saturated rings. The number of hydrogen-bond donors (Lipinski definition) is 1. The molecule has 1 aromatic heterocycles. The molecule has 1 aliphatic rings. The first-order valence-electron chi connectivity index (χ1n) is 12.0. The first-order chi connectivity index (χ1) is 16.3. The fraction of sp³-hybridized carbons (Fsp3) is 0.258. The summed E-state index contributed by atoms with van der Waals surface area (Å²) in [5.41, 5.74) is 6.14. The Hall–Kier alpha value is -2.94. The van der Waals surface area contributed by atoms with Gasteiger partial charge in [-0.3, -0.25) is 0 Å². The standard InChI is InChI=1S/C31H30ClNO/c1-30(2,34)28-9-4-3-7-23(28)16-17-31(18-19-31)25-8-5-6-22(20-25)10-14-27-15-12-24-11-13-26(32)21-29(24)33-27/h3-15,20-21,34H,16-19H2,1-2H3/b14-10+. The smallest absolute Gasteiger partial charge is 0.0843 e. The van der Waals surface area contributed by atoms with Gasteiger partial charge in [0.05, 0.1) is 16.8 Å². The monoisotopic (exact) mass is 467 g/mol. The summed E-state index contributed by atoms with van der Waals surface area (Å²) in [4.78, 5) is 4.73. The van der Waals surface area contributed by atoms with Crippen LogP contribution in [0.15, 0.2) is 78.9 Å². The lowest BCUT2D eigenvalue weighted by atomic mass is 9.85. The SMILES string of the molecule is CC(C)(O)c1ccccc1CCC1(c2cccc(/C=C/c3ccc4ccc(Cl)cc4n3)c2)CC1. The third kappa shape index (κ3) is 4.94. The Morgan fingerprint density at radius 1 is 0.941 bits per heavy atom. The molecule has 0 radical (unpaired) electrons. The van der Waals surface area contributed by atoms with Crippen LogP contribution in [0.5, 0.6) is 0 Å². The molecule has 4 aromatic rings. The van der Waals surface area contributed by atoms with Crippen molar-refractivity contribution in [3.63, 3.8) is 0 Å². The minimum absolute atomic E-state index is 0.245. The van der Waals surface area contributed by atoms with Crippen LogP contribution in [0.1, 0.15) is 61.1 Å². The Kier molecular flexibility index (Phi) is 6.06. The maximum atomic E-state index is 10.6. The van der Waals surface area contributed by atoms with Crippen LogP contribution in [0.4, 0.5) is 0 Å². The lowest BCUT2D eigenvalue weighted by molar-refractivity contribution is 0.0775. The molecule has 0 spiro atoms. The summed E-state index contributed by atoms with van der Waals surface area (Å²) in [5.74, 6) is 0. The highest BCUT2D eigenvalue weighted by atomic mass is 35.5. The highest BCUT2D eigenvalue weighted by Crippen LogP contribution is 2.52. The molecule has 0 amide bonds. The molecular weight excluding hydrogens is 438 g/mol. The largest absolute Gasteiger partial charge is 0.386 e. The van der Waals surface area contributed by atoms with E-state index in [1.54, 1.807) is 0 Å². The normalized spacial score (nSPS) is 15.2. The van der Waals surface area contributed by atoms with Crippen LogP contribution >= 0.6 is 11.6 Å². The van der Waals surface area contributed by atoms with Gasteiger partial charge >= 0.3 is 0 Å². The van der Waals surface area contributed by atoms with Crippen molar-refractivity contribution in [1.82, 2.24) is 4.98 Å². The Morgan fingerprint density at radius 3 is 2.53 bits per heavy atom. The molecule has 172 valence electrons. The minimum Gasteiger partial charge on any atom is -0.386 e. The number of halogens is 1. The highest BCUT2D eigenvalue weighted by molar-refractivity contribution is 6.31. The van der Waals surface area contributed by atoms with Crippen LogP contribution in [-0.4, -0.2) is 10.1 Å². The number of rotatable bonds is 7. The summed E-state index contributed by atoms with van der Waals surface area (Å²) in [7, 11) is 0. The van der Waals surface area contributed by atoms with Crippen molar-refractivity contribution < 1.29 is 5.11 Å². The zero-order valence-corrected chi connectivity index (χ0v) is 20.5. The maximum absolute atomic E-state index is 10.6. The van der Waals surface area contributed by atoms with Crippen molar-refractivity contribution in [3.05, 3.63) is 112 Å². The molecule has 34 heavy (non-hydrogen) atoms. The van der Waals surface area contributed by atoms with Gasteiger partial charge in [-0.05, 0) is 91.5 Å². The number of nitrogens with zero attached hydrogens (tertiary/aromatic N) is 1. The van der Waals surface area contributed by atoms with Gasteiger partial charge < -0.3 is 5.11 Å². The molecule has 5 rings (SSSR count). The van der Waals surface area contributed by atoms with E-state index in [0.717, 1.165) is 35.0 Å². The topological polar surface area (TPSA) is 33.1 Å². The Bertz CT molecular complexity index is 1360. The average Bonchev–Trinajstić information content (AvgIpc) is 3.62. The van der Waals surface area contributed by atoms with Crippen LogP contribution in [0.3, 0.4) is 0 Å². The fourth-order valence-electron chi connectivity index (χ4n) is 4.90. The first kappa shape index (κ1) is 22.8. The van der Waals surface area contributed by atoms with E-state index in [1.165, 1.54) is 29.5 Å². The van der Waals surface area contributed by atoms with Gasteiger partial charge in [0.1, 0.15) is 0 Å². The van der Waals surface area contributed by atoms with Gasteiger partial charge in [0.15, 0.2) is 0 Å². The van der Waals surface area contributed by atoms with Gasteiger partial charge in [0.2, 0.25) is 0 Å². The molecule has 0 aliphatic heterocycles. The summed E-state index contributed by atoms with van der Waals surface area (Å²) < 4.78 is 0. The van der Waals surface area contributed by atoms with Crippen LogP contribution in [0, 0.1) is 0 Å². The van der Waals surface area contributed by atoms with Crippen LogP contribution in [0.2, 0.25) is 5.02 Å². The molecule has 3 aromatic carbocycles. The van der Waals surface area contributed by atoms with Crippen LogP contribution in [0.25, 0.3) is 23.1 Å². The van der Waals surface area contributed by atoms with Gasteiger partial charge in [-0.2, -0.15) is 0 Å². The van der Waals surface area contributed by atoms with E-state index < -0.39 is 5.60 Å². The van der Waals surface area contributed by atoms with E-state index in [4.69, 9.17) is 16.6 Å². The number of aliphatic hydroxyl groups is 1. The molecule has 2 nitrogen and oxygen atoms in total. The van der Waals surface area contributed by atoms with Gasteiger partial charge in [0, 0.05) is 10.4 Å². The Morgan fingerprint density at radius 2 is 1.74 bits per heavy atom. The van der Waals surface area contributed by atoms with E-state index in [1.807, 2.05) is 44.2 Å². The van der Waals surface area contributed by atoms with Gasteiger partial charge in [0.25, 0.3) is 0 Å². The summed E-state index contributed by atoms with van der Waals surface area (Å²) in [6, 6.07) is 27.1. The molecule has 1 N–H and O–H groups in total. The lowest BCUT2D eigenvalue weighted by Crippen LogP contribution is -2.19. The van der Waals surface area contributed by atoms with Gasteiger partial charge in [-0.15, -0.1) is 0 Å². The number of hydrogen-bond acceptors (Lipinski definition) is 2. The summed E-state index contributed by atoms with van der Waals surface area (Å²) in [6.45, 7) is 3.74. The van der Waals surface area contributed by atoms with Crippen molar-refractivity contribution in [2.24, 2.45) is 0 Å². The van der Waals surface area contributed by atoms with E-state index in [2.05, 4.69) is 60.7 Å². The van der Waals surface area contributed by atoms with Gasteiger partial charge in [-0.25, -0.2) is 4.98 Å². The van der Waals surface area contributed by atoms with Crippen molar-refractivity contribution in [2.45, 2.75) is 50.5 Å². The Labute approximate surface area is 206 Å². The molecule has 0 atom stereocenters. The molecule has 0 bridgehead atoms. The zero-order valence-electron chi connectivity index (χ0n) is 19.8. The molecule has 0 unspecified atom stereocenters. The fourth-order valence-corrected chi connectivity index (χ4v) is 5.06. The van der Waals surface area contributed by atoms with Crippen LogP contribution in [-0.2, 0) is 17.4 Å². The molecular formula is C31H30ClNO. The first-order valence-corrected chi connectivity index (χ1v) is 12.4. The molecule has 0 saturated heterocycles. The van der Waals surface area contributed by atoms with Crippen molar-refractivity contribution in [1.29, 1.82) is 0 Å². The second-order valence-corrected chi connectivity index (χ2v) is 10.5. The lowest BCUT2D eigenvalue weighted by Gasteiger charge is -2.23. The highest BCUT2D eigenvalue weighted by Gasteiger charge is 2.43. The van der Waals surface area contributed by atoms with E-state index in [-0.39, 0.29) is 5.41 Å². The average molecular weight is 468 g/mol. The third-order valence-electron chi connectivity index (χ3n) is 7.02. The molecule has 1 saturated carbocycles. The maximum Gasteiger partial charge on any atom is 0.0843 e. The summed E-state index contributed by atoms with van der Waals surface area (Å²) in [6.07, 6.45) is 8.72. The zero-order chi connectivity index (χ0) is 23.8. The van der Waals surface area contributed by atoms with Crippen LogP contribution < -0.4 is 0 Å². The quantitative estimate of drug-likeness (QED) is 0.299. The van der Waals surface area contributed by atoms with Gasteiger partial charge in [-0.1, -0.05) is 78.3 Å². The van der Waals surface area contributed by atoms with E-state index in [0.29, 0.717) is 5.02 Å². The third-order valence-corrected chi connectivity index (χ3v) is 7.26. The van der Waals surface area contributed by atoms with E-state index >= 15 is 0 Å². The number of benzene rings is 3. The number of fused-ring (bicyclic) bond motifs is 1. The predicted octanol–water partition coefficient (Wildman–Crippen LogP) is 7.95. The second kappa shape index (κ2) is 9.02. The number of pyridine rings is 1. The predicted molar refractivity (Wildman–Crippen MR) is 143 cm³/mol. The molecule has 1 aliphatic carbocycles. The molecule has 1 heterocycles. The Balaban J connectivity index is 1.33. The van der Waals surface area contributed by atoms with Crippen molar-refractivity contribution >= 4 is 34.7 Å². The van der Waals surface area contributed by atoms with Crippen molar-refractivity contribution in [2.75, 3.05) is 0 Å². The number of aromatic nitrogens is 1. The summed E-state index contributed by atoms with van der Waals surface area (Å²) >= 11 is 6.14. The second-order valence-electron chi connectivity index (χ2n) is 10.0. The minimum atomic E-state index is -0.819.